The number of halogens is 1. The number of nitrogens with one attached hydrogen (secondary N) is 1. The van der Waals surface area contributed by atoms with Crippen LogP contribution < -0.4 is 10.2 Å². The number of rotatable bonds is 6. The van der Waals surface area contributed by atoms with Crippen LogP contribution in [0.2, 0.25) is 5.02 Å². The monoisotopic (exact) mass is 390 g/mol. The number of aromatic nitrogens is 1. The zero-order valence-electron chi connectivity index (χ0n) is 14.8. The molecule has 7 heteroatoms. The molecule has 0 unspecified atom stereocenters. The van der Waals surface area contributed by atoms with Gasteiger partial charge in [-0.05, 0) is 42.7 Å². The zero-order chi connectivity index (χ0) is 18.4. The first-order valence-electron chi connectivity index (χ1n) is 8.67. The van der Waals surface area contributed by atoms with Crippen molar-refractivity contribution in [2.24, 2.45) is 0 Å². The Hall–Kier alpha value is -1.76. The minimum absolute atomic E-state index is 0.0535. The van der Waals surface area contributed by atoms with Gasteiger partial charge in [-0.15, -0.1) is 11.8 Å². The normalized spacial score (nSPS) is 15.1. The summed E-state index contributed by atoms with van der Waals surface area (Å²) in [6.45, 7) is 5.43. The van der Waals surface area contributed by atoms with Gasteiger partial charge in [0.25, 0.3) is 5.91 Å². The Labute approximate surface area is 163 Å². The van der Waals surface area contributed by atoms with E-state index in [9.17, 15) is 4.79 Å². The number of pyridine rings is 1. The van der Waals surface area contributed by atoms with Crippen LogP contribution in [-0.4, -0.2) is 61.3 Å². The summed E-state index contributed by atoms with van der Waals surface area (Å²) in [5.41, 5.74) is 1.86. The van der Waals surface area contributed by atoms with Crippen molar-refractivity contribution in [3.05, 3.63) is 53.2 Å². The number of carbonyl (C=O) groups excluding carboxylic acids is 1. The van der Waals surface area contributed by atoms with Crippen LogP contribution in [0.1, 0.15) is 10.4 Å². The van der Waals surface area contributed by atoms with Gasteiger partial charge in [0.2, 0.25) is 0 Å². The molecule has 0 aliphatic carbocycles. The lowest BCUT2D eigenvalue weighted by Crippen LogP contribution is -2.48. The fourth-order valence-electron chi connectivity index (χ4n) is 3.03. The molecule has 1 aliphatic heterocycles. The average Bonchev–Trinajstić information content (AvgIpc) is 2.69. The molecule has 0 saturated carbocycles. The van der Waals surface area contributed by atoms with Gasteiger partial charge in [0.05, 0.1) is 5.56 Å². The van der Waals surface area contributed by atoms with Gasteiger partial charge >= 0.3 is 0 Å². The van der Waals surface area contributed by atoms with Crippen molar-refractivity contribution < 1.29 is 4.79 Å². The van der Waals surface area contributed by atoms with E-state index in [4.69, 9.17) is 11.6 Å². The number of nitrogens with zero attached hydrogens (tertiary/aromatic N) is 3. The number of thioether (sulfide) groups is 1. The number of amides is 1. The van der Waals surface area contributed by atoms with Gasteiger partial charge in [-0.2, -0.15) is 0 Å². The second kappa shape index (κ2) is 9.26. The molecule has 0 atom stereocenters. The Bertz CT molecular complexity index is 733. The Balaban J connectivity index is 1.42. The third-order valence-corrected chi connectivity index (χ3v) is 5.45. The molecule has 1 N–H and O–H groups in total. The first-order valence-corrected chi connectivity index (χ1v) is 10.3. The summed E-state index contributed by atoms with van der Waals surface area (Å²) in [5.74, 6) is -0.0535. The van der Waals surface area contributed by atoms with Crippen molar-refractivity contribution in [2.75, 3.05) is 50.4 Å². The van der Waals surface area contributed by atoms with Crippen molar-refractivity contribution in [1.82, 2.24) is 15.2 Å². The Morgan fingerprint density at radius 1 is 1.19 bits per heavy atom. The molecule has 1 saturated heterocycles. The molecule has 26 heavy (non-hydrogen) atoms. The highest BCUT2D eigenvalue weighted by molar-refractivity contribution is 7.98. The number of hydrogen-bond donors (Lipinski definition) is 1. The molecule has 1 fully saturated rings. The Kier molecular flexibility index (Phi) is 6.77. The molecule has 0 radical (unpaired) electrons. The molecule has 1 aromatic carbocycles. The summed E-state index contributed by atoms with van der Waals surface area (Å²) in [6.07, 6.45) is 3.64. The molecule has 1 aromatic heterocycles. The number of benzene rings is 1. The first kappa shape index (κ1) is 19.0. The maximum absolute atomic E-state index is 12.3. The molecular weight excluding hydrogens is 368 g/mol. The van der Waals surface area contributed by atoms with Gasteiger partial charge in [0.1, 0.15) is 5.03 Å². The Morgan fingerprint density at radius 3 is 2.62 bits per heavy atom. The van der Waals surface area contributed by atoms with E-state index in [1.165, 1.54) is 17.4 Å². The van der Waals surface area contributed by atoms with E-state index >= 15 is 0 Å². The highest BCUT2D eigenvalue weighted by Gasteiger charge is 2.17. The van der Waals surface area contributed by atoms with Crippen LogP contribution >= 0.6 is 23.4 Å². The molecule has 2 aromatic rings. The molecular formula is C19H23ClN4OS. The molecule has 1 aliphatic rings. The maximum Gasteiger partial charge on any atom is 0.254 e. The van der Waals surface area contributed by atoms with E-state index in [0.717, 1.165) is 42.8 Å². The van der Waals surface area contributed by atoms with Gasteiger partial charge in [0, 0.05) is 56.2 Å². The largest absolute Gasteiger partial charge is 0.369 e. The van der Waals surface area contributed by atoms with Crippen molar-refractivity contribution in [1.29, 1.82) is 0 Å². The van der Waals surface area contributed by atoms with Gasteiger partial charge in [-0.25, -0.2) is 4.98 Å². The number of carbonyl (C=O) groups is 1. The third kappa shape index (κ3) is 4.90. The van der Waals surface area contributed by atoms with Crippen molar-refractivity contribution in [3.8, 4) is 0 Å². The third-order valence-electron chi connectivity index (χ3n) is 4.49. The van der Waals surface area contributed by atoms with Crippen LogP contribution in [0, 0.1) is 0 Å². The second-order valence-electron chi connectivity index (χ2n) is 6.12. The number of anilines is 1. The predicted octanol–water partition coefficient (Wildman–Crippen LogP) is 3.01. The van der Waals surface area contributed by atoms with Gasteiger partial charge in [-0.1, -0.05) is 11.6 Å². The molecule has 0 spiro atoms. The van der Waals surface area contributed by atoms with E-state index in [1.807, 2.05) is 24.5 Å². The quantitative estimate of drug-likeness (QED) is 0.768. The van der Waals surface area contributed by atoms with Crippen molar-refractivity contribution in [2.45, 2.75) is 5.03 Å². The van der Waals surface area contributed by atoms with Crippen LogP contribution in [0.5, 0.6) is 0 Å². The standard InChI is InChI=1S/C19H23ClN4OS/c1-26-19-17(3-2-8-22-19)18(25)21-9-10-23-11-13-24(14-12-23)16-6-4-15(20)5-7-16/h2-8H,9-14H2,1H3,(H,21,25). The van der Waals surface area contributed by atoms with E-state index in [-0.39, 0.29) is 5.91 Å². The summed E-state index contributed by atoms with van der Waals surface area (Å²) in [4.78, 5) is 21.3. The van der Waals surface area contributed by atoms with E-state index in [1.54, 1.807) is 12.3 Å². The number of piperazine rings is 1. The van der Waals surface area contributed by atoms with Gasteiger partial charge < -0.3 is 10.2 Å². The van der Waals surface area contributed by atoms with Crippen LogP contribution in [0.15, 0.2) is 47.6 Å². The van der Waals surface area contributed by atoms with Crippen LogP contribution in [0.4, 0.5) is 5.69 Å². The summed E-state index contributed by atoms with van der Waals surface area (Å²) >= 11 is 7.44. The highest BCUT2D eigenvalue weighted by atomic mass is 35.5. The van der Waals surface area contributed by atoms with E-state index in [2.05, 4.69) is 32.2 Å². The molecule has 138 valence electrons. The van der Waals surface area contributed by atoms with Crippen LogP contribution in [0.3, 0.4) is 0 Å². The minimum atomic E-state index is -0.0535. The SMILES string of the molecule is CSc1ncccc1C(=O)NCCN1CCN(c2ccc(Cl)cc2)CC1. The maximum atomic E-state index is 12.3. The molecule has 2 heterocycles. The highest BCUT2D eigenvalue weighted by Crippen LogP contribution is 2.19. The smallest absolute Gasteiger partial charge is 0.254 e. The van der Waals surface area contributed by atoms with Crippen LogP contribution in [-0.2, 0) is 0 Å². The second-order valence-corrected chi connectivity index (χ2v) is 7.35. The van der Waals surface area contributed by atoms with Crippen molar-refractivity contribution in [3.63, 3.8) is 0 Å². The molecule has 0 bridgehead atoms. The topological polar surface area (TPSA) is 48.5 Å². The zero-order valence-corrected chi connectivity index (χ0v) is 16.4. The van der Waals surface area contributed by atoms with Gasteiger partial charge in [0.15, 0.2) is 0 Å². The number of hydrogen-bond acceptors (Lipinski definition) is 5. The molecule has 3 rings (SSSR count). The van der Waals surface area contributed by atoms with E-state index < -0.39 is 0 Å². The average molecular weight is 391 g/mol. The fourth-order valence-corrected chi connectivity index (χ4v) is 3.70. The summed E-state index contributed by atoms with van der Waals surface area (Å²) in [5, 5.41) is 4.54. The minimum Gasteiger partial charge on any atom is -0.369 e. The lowest BCUT2D eigenvalue weighted by atomic mass is 10.2. The van der Waals surface area contributed by atoms with Crippen molar-refractivity contribution >= 4 is 35.0 Å². The van der Waals surface area contributed by atoms with E-state index in [0.29, 0.717) is 12.1 Å². The van der Waals surface area contributed by atoms with Crippen LogP contribution in [0.25, 0.3) is 0 Å². The summed E-state index contributed by atoms with van der Waals surface area (Å²) in [7, 11) is 0. The summed E-state index contributed by atoms with van der Waals surface area (Å²) < 4.78 is 0. The molecule has 5 nitrogen and oxygen atoms in total. The predicted molar refractivity (Wildman–Crippen MR) is 108 cm³/mol. The lowest BCUT2D eigenvalue weighted by molar-refractivity contribution is 0.0944. The fraction of sp³-hybridized carbons (Fsp3) is 0.368. The lowest BCUT2D eigenvalue weighted by Gasteiger charge is -2.36. The Morgan fingerprint density at radius 2 is 1.92 bits per heavy atom. The molecule has 1 amide bonds. The van der Waals surface area contributed by atoms with Gasteiger partial charge in [-0.3, -0.25) is 9.69 Å². The summed E-state index contributed by atoms with van der Waals surface area (Å²) in [6, 6.07) is 11.6. The first-order chi connectivity index (χ1) is 12.7.